The van der Waals surface area contributed by atoms with Crippen LogP contribution in [0.5, 0.6) is 0 Å². The van der Waals surface area contributed by atoms with Crippen LogP contribution in [0.1, 0.15) is 28.8 Å². The molecule has 166 valence electrons. The molecule has 2 aromatic carbocycles. The lowest BCUT2D eigenvalue weighted by Gasteiger charge is -2.32. The normalized spacial score (nSPS) is 16.0. The largest absolute Gasteiger partial charge is 0.352 e. The maximum atomic E-state index is 13.3. The molecule has 0 bridgehead atoms. The van der Waals surface area contributed by atoms with Gasteiger partial charge in [-0.3, -0.25) is 14.2 Å². The molecule has 2 amide bonds. The summed E-state index contributed by atoms with van der Waals surface area (Å²) >= 11 is 0. The zero-order chi connectivity index (χ0) is 22.6. The van der Waals surface area contributed by atoms with E-state index in [4.69, 9.17) is 0 Å². The number of nitrogens with one attached hydrogen (secondary N) is 1. The number of carbonyl (C=O) groups excluding carboxylic acids is 2. The van der Waals surface area contributed by atoms with Crippen LogP contribution < -0.4 is 5.32 Å². The highest BCUT2D eigenvalue weighted by Gasteiger charge is 2.29. The van der Waals surface area contributed by atoms with E-state index in [2.05, 4.69) is 15.3 Å². The minimum Gasteiger partial charge on any atom is -0.352 e. The minimum absolute atomic E-state index is 0.0149. The van der Waals surface area contributed by atoms with Gasteiger partial charge in [0.15, 0.2) is 0 Å². The molecule has 1 fully saturated rings. The van der Waals surface area contributed by atoms with Gasteiger partial charge in [-0.05, 0) is 35.7 Å². The number of carbonyl (C=O) groups is 2. The molecule has 2 aromatic heterocycles. The molecule has 4 aromatic rings. The maximum Gasteiger partial charge on any atom is 0.254 e. The quantitative estimate of drug-likeness (QED) is 0.515. The summed E-state index contributed by atoms with van der Waals surface area (Å²) < 4.78 is 1.83. The van der Waals surface area contributed by atoms with Gasteiger partial charge < -0.3 is 10.2 Å². The van der Waals surface area contributed by atoms with E-state index in [1.54, 1.807) is 18.7 Å². The molecular formula is C26H25N5O2. The molecule has 33 heavy (non-hydrogen) atoms. The molecule has 0 spiro atoms. The van der Waals surface area contributed by atoms with Crippen LogP contribution in [0.25, 0.3) is 16.6 Å². The second-order valence-corrected chi connectivity index (χ2v) is 8.29. The van der Waals surface area contributed by atoms with Crippen molar-refractivity contribution < 1.29 is 9.59 Å². The van der Waals surface area contributed by atoms with E-state index in [9.17, 15) is 9.59 Å². The van der Waals surface area contributed by atoms with Gasteiger partial charge in [0.1, 0.15) is 12.1 Å². The molecule has 0 radical (unpaired) electrons. The Bertz CT molecular complexity index is 1280. The number of piperidine rings is 1. The van der Waals surface area contributed by atoms with Crippen LogP contribution in [0.4, 0.5) is 0 Å². The molecule has 0 saturated carbocycles. The number of amides is 2. The lowest BCUT2D eigenvalue weighted by atomic mass is 9.95. The summed E-state index contributed by atoms with van der Waals surface area (Å²) in [5, 5.41) is 5.04. The Labute approximate surface area is 192 Å². The van der Waals surface area contributed by atoms with Crippen LogP contribution in [-0.4, -0.2) is 44.3 Å². The van der Waals surface area contributed by atoms with Gasteiger partial charge in [-0.1, -0.05) is 42.5 Å². The van der Waals surface area contributed by atoms with E-state index < -0.39 is 0 Å². The van der Waals surface area contributed by atoms with Crippen molar-refractivity contribution in [3.8, 4) is 5.82 Å². The highest BCUT2D eigenvalue weighted by atomic mass is 16.2. The van der Waals surface area contributed by atoms with E-state index in [0.29, 0.717) is 25.2 Å². The molecule has 1 aliphatic heterocycles. The first kappa shape index (κ1) is 20.9. The van der Waals surface area contributed by atoms with Crippen molar-refractivity contribution in [3.05, 3.63) is 90.6 Å². The Morgan fingerprint density at radius 1 is 1.03 bits per heavy atom. The van der Waals surface area contributed by atoms with Crippen molar-refractivity contribution in [1.29, 1.82) is 0 Å². The Balaban J connectivity index is 1.27. The highest BCUT2D eigenvalue weighted by Crippen LogP contribution is 2.24. The van der Waals surface area contributed by atoms with Crippen LogP contribution >= 0.6 is 0 Å². The number of likely N-dealkylation sites (tertiary alicyclic amines) is 1. The van der Waals surface area contributed by atoms with E-state index in [0.717, 1.165) is 35.0 Å². The predicted octanol–water partition coefficient (Wildman–Crippen LogP) is 3.59. The Hall–Kier alpha value is -4.00. The maximum absolute atomic E-state index is 13.3. The number of hydrogen-bond donors (Lipinski definition) is 1. The third-order valence-corrected chi connectivity index (χ3v) is 6.17. The number of pyridine rings is 1. The number of hydrogen-bond acceptors (Lipinski definition) is 4. The molecule has 1 atom stereocenters. The molecule has 1 N–H and O–H groups in total. The first-order valence-corrected chi connectivity index (χ1v) is 11.2. The molecule has 3 heterocycles. The molecule has 7 nitrogen and oxygen atoms in total. The first-order valence-electron chi connectivity index (χ1n) is 11.2. The van der Waals surface area contributed by atoms with Crippen molar-refractivity contribution in [2.24, 2.45) is 5.92 Å². The molecule has 1 aliphatic rings. The smallest absolute Gasteiger partial charge is 0.254 e. The molecule has 7 heteroatoms. The van der Waals surface area contributed by atoms with Crippen LogP contribution in [0.3, 0.4) is 0 Å². The average molecular weight is 440 g/mol. The molecule has 1 saturated heterocycles. The van der Waals surface area contributed by atoms with Crippen molar-refractivity contribution >= 4 is 22.6 Å². The summed E-state index contributed by atoms with van der Waals surface area (Å²) in [5.74, 6) is 0.461. The average Bonchev–Trinajstić information content (AvgIpc) is 3.42. The highest BCUT2D eigenvalue weighted by molar-refractivity contribution is 6.07. The van der Waals surface area contributed by atoms with Crippen molar-refractivity contribution in [2.75, 3.05) is 13.1 Å². The van der Waals surface area contributed by atoms with Gasteiger partial charge in [0.05, 0.1) is 5.92 Å². The molecular weight excluding hydrogens is 414 g/mol. The molecule has 5 rings (SSSR count). The number of benzene rings is 2. The second kappa shape index (κ2) is 9.24. The number of rotatable bonds is 5. The van der Waals surface area contributed by atoms with Crippen molar-refractivity contribution in [2.45, 2.75) is 19.4 Å². The van der Waals surface area contributed by atoms with Gasteiger partial charge in [-0.25, -0.2) is 9.97 Å². The van der Waals surface area contributed by atoms with E-state index >= 15 is 0 Å². The molecule has 0 aliphatic carbocycles. The van der Waals surface area contributed by atoms with Gasteiger partial charge in [-0.15, -0.1) is 0 Å². The number of nitrogens with zero attached hydrogens (tertiary/aromatic N) is 4. The van der Waals surface area contributed by atoms with Crippen LogP contribution in [0.15, 0.2) is 79.5 Å². The Kier molecular flexibility index (Phi) is 5.85. The van der Waals surface area contributed by atoms with E-state index in [1.165, 1.54) is 0 Å². The number of imidazole rings is 1. The summed E-state index contributed by atoms with van der Waals surface area (Å²) in [6, 6.07) is 17.5. The summed E-state index contributed by atoms with van der Waals surface area (Å²) in [7, 11) is 0. The summed E-state index contributed by atoms with van der Waals surface area (Å²) in [5.41, 5.74) is 1.60. The third-order valence-electron chi connectivity index (χ3n) is 6.17. The van der Waals surface area contributed by atoms with Crippen LogP contribution in [0.2, 0.25) is 0 Å². The van der Waals surface area contributed by atoms with Gasteiger partial charge >= 0.3 is 0 Å². The Morgan fingerprint density at radius 3 is 2.79 bits per heavy atom. The summed E-state index contributed by atoms with van der Waals surface area (Å²) in [4.78, 5) is 36.6. The van der Waals surface area contributed by atoms with E-state index in [-0.39, 0.29) is 17.7 Å². The summed E-state index contributed by atoms with van der Waals surface area (Å²) in [6.45, 7) is 1.46. The zero-order valence-electron chi connectivity index (χ0n) is 18.2. The molecule has 1 unspecified atom stereocenters. The lowest BCUT2D eigenvalue weighted by Crippen LogP contribution is -2.45. The van der Waals surface area contributed by atoms with Gasteiger partial charge in [0.2, 0.25) is 5.91 Å². The number of fused-ring (bicyclic) bond motifs is 1. The lowest BCUT2D eigenvalue weighted by molar-refractivity contribution is -0.126. The zero-order valence-corrected chi connectivity index (χ0v) is 18.2. The Morgan fingerprint density at radius 2 is 1.91 bits per heavy atom. The SMILES string of the molecule is O=C(NCc1cccnc1-n1ccnc1)C1CCCN(C(=O)c2cccc3ccccc23)C1. The monoisotopic (exact) mass is 439 g/mol. The van der Waals surface area contributed by atoms with E-state index in [1.807, 2.05) is 70.3 Å². The minimum atomic E-state index is -0.231. The first-order chi connectivity index (χ1) is 16.2. The standard InChI is InChI=1S/C26H25N5O2/c32-25(29-16-20-8-4-12-28-24(20)31-15-13-27-18-31)21-9-5-14-30(17-21)26(33)23-11-3-7-19-6-1-2-10-22(19)23/h1-4,6-8,10-13,15,18,21H,5,9,14,16-17H2,(H,29,32). The summed E-state index contributed by atoms with van der Waals surface area (Å²) in [6.07, 6.45) is 8.50. The fraction of sp³-hybridized carbons (Fsp3) is 0.231. The topological polar surface area (TPSA) is 80.1 Å². The van der Waals surface area contributed by atoms with Crippen molar-refractivity contribution in [3.63, 3.8) is 0 Å². The van der Waals surface area contributed by atoms with Gasteiger partial charge in [0, 0.05) is 49.4 Å². The van der Waals surface area contributed by atoms with Gasteiger partial charge in [-0.2, -0.15) is 0 Å². The third kappa shape index (κ3) is 4.35. The van der Waals surface area contributed by atoms with Gasteiger partial charge in [0.25, 0.3) is 5.91 Å². The fourth-order valence-corrected chi connectivity index (χ4v) is 4.47. The van der Waals surface area contributed by atoms with Crippen LogP contribution in [0, 0.1) is 5.92 Å². The van der Waals surface area contributed by atoms with Crippen molar-refractivity contribution in [1.82, 2.24) is 24.8 Å². The predicted molar refractivity (Wildman–Crippen MR) is 126 cm³/mol. The number of aromatic nitrogens is 3. The second-order valence-electron chi connectivity index (χ2n) is 8.29. The fourth-order valence-electron chi connectivity index (χ4n) is 4.47. The van der Waals surface area contributed by atoms with Crippen LogP contribution in [-0.2, 0) is 11.3 Å².